The molecule has 5 rings (SSSR count). The quantitative estimate of drug-likeness (QED) is 0.285. The van der Waals surface area contributed by atoms with E-state index in [4.69, 9.17) is 16.6 Å². The number of halogens is 3. The maximum atomic E-state index is 14.4. The van der Waals surface area contributed by atoms with Crippen molar-refractivity contribution in [3.63, 3.8) is 0 Å². The van der Waals surface area contributed by atoms with Crippen LogP contribution in [0.1, 0.15) is 0 Å². The maximum Gasteiger partial charge on any atom is 0.143 e. The van der Waals surface area contributed by atoms with Gasteiger partial charge in [-0.3, -0.25) is 0 Å². The van der Waals surface area contributed by atoms with Crippen LogP contribution in [0.25, 0.3) is 44.0 Å². The number of hydrogen-bond donors (Lipinski definition) is 1. The Hall–Kier alpha value is -2.43. The smallest absolute Gasteiger partial charge is 0.143 e. The number of imidazole rings is 1. The highest BCUT2D eigenvalue weighted by Crippen LogP contribution is 2.39. The van der Waals surface area contributed by atoms with Crippen molar-refractivity contribution in [1.29, 1.82) is 0 Å². The summed E-state index contributed by atoms with van der Waals surface area (Å²) in [5, 5.41) is 4.58. The average molecular weight is 426 g/mol. The van der Waals surface area contributed by atoms with Crippen LogP contribution >= 0.6 is 27.5 Å². The van der Waals surface area contributed by atoms with Crippen LogP contribution in [-0.4, -0.2) is 9.97 Å². The number of aromatic amines is 1. The topological polar surface area (TPSA) is 28.7 Å². The molecule has 0 saturated carbocycles. The highest BCUT2D eigenvalue weighted by molar-refractivity contribution is 9.10. The van der Waals surface area contributed by atoms with E-state index in [9.17, 15) is 4.39 Å². The second kappa shape index (κ2) is 5.79. The number of nitrogens with one attached hydrogen (secondary N) is 1. The fourth-order valence-corrected chi connectivity index (χ4v) is 4.34. The van der Waals surface area contributed by atoms with E-state index in [0.29, 0.717) is 10.8 Å². The minimum absolute atomic E-state index is 0.287. The van der Waals surface area contributed by atoms with Gasteiger partial charge >= 0.3 is 0 Å². The molecule has 1 heterocycles. The first-order valence-electron chi connectivity index (χ1n) is 8.08. The Morgan fingerprint density at radius 3 is 2.42 bits per heavy atom. The summed E-state index contributed by atoms with van der Waals surface area (Å²) in [6.07, 6.45) is 0. The molecule has 0 bridgehead atoms. The molecule has 0 saturated heterocycles. The predicted molar refractivity (Wildman–Crippen MR) is 109 cm³/mol. The van der Waals surface area contributed by atoms with E-state index in [1.54, 1.807) is 12.1 Å². The SMILES string of the molecule is Fc1cccc(Cl)c1-c1nc2c3ccccc3c3cccc(Br)c3c2[nH]1. The Labute approximate surface area is 161 Å². The summed E-state index contributed by atoms with van der Waals surface area (Å²) < 4.78 is 15.4. The van der Waals surface area contributed by atoms with Crippen molar-refractivity contribution in [3.8, 4) is 11.4 Å². The lowest BCUT2D eigenvalue weighted by Gasteiger charge is -2.07. The molecule has 5 aromatic rings. The van der Waals surface area contributed by atoms with Gasteiger partial charge in [-0.1, -0.05) is 70.0 Å². The molecule has 0 aliphatic carbocycles. The van der Waals surface area contributed by atoms with Gasteiger partial charge in [0.2, 0.25) is 0 Å². The Morgan fingerprint density at radius 1 is 0.885 bits per heavy atom. The molecule has 0 fully saturated rings. The van der Waals surface area contributed by atoms with Gasteiger partial charge in [-0.2, -0.15) is 0 Å². The molecule has 2 nitrogen and oxygen atoms in total. The first kappa shape index (κ1) is 15.8. The van der Waals surface area contributed by atoms with Crippen LogP contribution in [0.3, 0.4) is 0 Å². The number of aromatic nitrogens is 2. The van der Waals surface area contributed by atoms with Gasteiger partial charge in [0.05, 0.1) is 21.6 Å². The van der Waals surface area contributed by atoms with Crippen molar-refractivity contribution in [1.82, 2.24) is 9.97 Å². The predicted octanol–water partition coefficient (Wildman–Crippen LogP) is 7.09. The third kappa shape index (κ3) is 2.19. The van der Waals surface area contributed by atoms with Gasteiger partial charge in [0.15, 0.2) is 0 Å². The third-order valence-electron chi connectivity index (χ3n) is 4.64. The Kier molecular flexibility index (Phi) is 3.52. The Morgan fingerprint density at radius 2 is 1.62 bits per heavy atom. The summed E-state index contributed by atoms with van der Waals surface area (Å²) in [4.78, 5) is 8.03. The van der Waals surface area contributed by atoms with Gasteiger partial charge in [-0.05, 0) is 29.0 Å². The van der Waals surface area contributed by atoms with Gasteiger partial charge in [0, 0.05) is 15.2 Å². The van der Waals surface area contributed by atoms with E-state index >= 15 is 0 Å². The summed E-state index contributed by atoms with van der Waals surface area (Å²) in [6, 6.07) is 18.8. The maximum absolute atomic E-state index is 14.4. The van der Waals surface area contributed by atoms with E-state index in [0.717, 1.165) is 37.1 Å². The fraction of sp³-hybridized carbons (Fsp3) is 0. The van der Waals surface area contributed by atoms with Crippen LogP contribution in [0.15, 0.2) is 65.1 Å². The largest absolute Gasteiger partial charge is 0.337 e. The standard InChI is InChI=1S/C21H11BrClFN2/c22-14-8-3-7-12-11-5-1-2-6-13(11)19-20(17(12)14)26-21(25-19)18-15(23)9-4-10-16(18)24/h1-10H,(H,25,26). The summed E-state index contributed by atoms with van der Waals surface area (Å²) >= 11 is 9.90. The average Bonchev–Trinajstić information content (AvgIpc) is 3.06. The van der Waals surface area contributed by atoms with Crippen LogP contribution in [0.5, 0.6) is 0 Å². The van der Waals surface area contributed by atoms with Crippen molar-refractivity contribution in [2.75, 3.05) is 0 Å². The van der Waals surface area contributed by atoms with Crippen molar-refractivity contribution in [3.05, 3.63) is 76.0 Å². The van der Waals surface area contributed by atoms with Crippen molar-refractivity contribution >= 4 is 60.1 Å². The molecule has 0 radical (unpaired) electrons. The van der Waals surface area contributed by atoms with Crippen molar-refractivity contribution in [2.24, 2.45) is 0 Å². The number of benzene rings is 4. The molecule has 1 aromatic heterocycles. The lowest BCUT2D eigenvalue weighted by molar-refractivity contribution is 0.630. The molecule has 126 valence electrons. The van der Waals surface area contributed by atoms with E-state index in [1.165, 1.54) is 6.07 Å². The molecule has 26 heavy (non-hydrogen) atoms. The van der Waals surface area contributed by atoms with Crippen molar-refractivity contribution in [2.45, 2.75) is 0 Å². The van der Waals surface area contributed by atoms with Crippen LogP contribution in [0.4, 0.5) is 4.39 Å². The third-order valence-corrected chi connectivity index (χ3v) is 5.62. The summed E-state index contributed by atoms with van der Waals surface area (Å²) in [7, 11) is 0. The number of H-pyrrole nitrogens is 1. The normalized spacial score (nSPS) is 11.7. The molecule has 0 amide bonds. The summed E-state index contributed by atoms with van der Waals surface area (Å²) in [6.45, 7) is 0. The Bertz CT molecular complexity index is 1310. The highest BCUT2D eigenvalue weighted by Gasteiger charge is 2.18. The van der Waals surface area contributed by atoms with E-state index in [2.05, 4.69) is 33.0 Å². The van der Waals surface area contributed by atoms with Crippen LogP contribution in [0.2, 0.25) is 5.02 Å². The van der Waals surface area contributed by atoms with Gasteiger partial charge in [0.1, 0.15) is 11.6 Å². The molecule has 5 heteroatoms. The molecule has 4 aromatic carbocycles. The molecular formula is C21H11BrClFN2. The minimum atomic E-state index is -0.399. The molecule has 1 N–H and O–H groups in total. The molecule has 0 aliphatic rings. The van der Waals surface area contributed by atoms with Gasteiger partial charge in [-0.15, -0.1) is 0 Å². The molecule has 0 aliphatic heterocycles. The molecule has 0 unspecified atom stereocenters. The fourth-order valence-electron chi connectivity index (χ4n) is 3.52. The summed E-state index contributed by atoms with van der Waals surface area (Å²) in [5.41, 5.74) is 1.95. The minimum Gasteiger partial charge on any atom is -0.337 e. The number of hydrogen-bond acceptors (Lipinski definition) is 1. The lowest BCUT2D eigenvalue weighted by atomic mass is 10.0. The monoisotopic (exact) mass is 424 g/mol. The lowest BCUT2D eigenvalue weighted by Crippen LogP contribution is -1.87. The first-order chi connectivity index (χ1) is 12.6. The van der Waals surface area contributed by atoms with Crippen LogP contribution < -0.4 is 0 Å². The zero-order valence-corrected chi connectivity index (χ0v) is 15.7. The van der Waals surface area contributed by atoms with Crippen molar-refractivity contribution < 1.29 is 4.39 Å². The summed E-state index contributed by atoms with van der Waals surface area (Å²) in [5.74, 6) is 0.0285. The molecule has 0 spiro atoms. The second-order valence-electron chi connectivity index (χ2n) is 6.11. The van der Waals surface area contributed by atoms with Gasteiger partial charge in [0.25, 0.3) is 0 Å². The first-order valence-corrected chi connectivity index (χ1v) is 9.25. The number of rotatable bonds is 1. The van der Waals surface area contributed by atoms with Crippen LogP contribution in [-0.2, 0) is 0 Å². The zero-order valence-electron chi connectivity index (χ0n) is 13.4. The Balaban J connectivity index is 2.01. The van der Waals surface area contributed by atoms with Crippen LogP contribution in [0, 0.1) is 5.82 Å². The van der Waals surface area contributed by atoms with E-state index < -0.39 is 5.82 Å². The number of nitrogens with zero attached hydrogens (tertiary/aromatic N) is 1. The molecular weight excluding hydrogens is 415 g/mol. The van der Waals surface area contributed by atoms with Gasteiger partial charge < -0.3 is 4.98 Å². The van der Waals surface area contributed by atoms with E-state index in [-0.39, 0.29) is 5.56 Å². The second-order valence-corrected chi connectivity index (χ2v) is 7.38. The molecule has 0 atom stereocenters. The number of fused-ring (bicyclic) bond motifs is 6. The highest BCUT2D eigenvalue weighted by atomic mass is 79.9. The zero-order chi connectivity index (χ0) is 17.8. The van der Waals surface area contributed by atoms with Gasteiger partial charge in [-0.25, -0.2) is 9.37 Å². The van der Waals surface area contributed by atoms with E-state index in [1.807, 2.05) is 30.3 Å².